The van der Waals surface area contributed by atoms with E-state index in [1.165, 1.54) is 19.3 Å². The van der Waals surface area contributed by atoms with Crippen LogP contribution < -0.4 is 15.4 Å². The Bertz CT molecular complexity index is 650. The fourth-order valence-electron chi connectivity index (χ4n) is 4.16. The number of benzene rings is 1. The Morgan fingerprint density at radius 3 is 2.57 bits per heavy atom. The summed E-state index contributed by atoms with van der Waals surface area (Å²) in [5, 5.41) is 6.22. The summed E-state index contributed by atoms with van der Waals surface area (Å²) in [5.41, 5.74) is 1.15. The van der Waals surface area contributed by atoms with Crippen molar-refractivity contribution in [1.29, 1.82) is 0 Å². The number of methoxy groups -OCH3 is 1. The van der Waals surface area contributed by atoms with Gasteiger partial charge >= 0.3 is 6.03 Å². The predicted octanol–water partition coefficient (Wildman–Crippen LogP) is 3.11. The molecule has 1 aliphatic heterocycles. The second-order valence-electron chi connectivity index (χ2n) is 7.94. The third-order valence-corrected chi connectivity index (χ3v) is 5.93. The Kier molecular flexibility index (Phi) is 7.57. The van der Waals surface area contributed by atoms with E-state index >= 15 is 0 Å². The summed E-state index contributed by atoms with van der Waals surface area (Å²) < 4.78 is 5.23. The molecule has 1 saturated carbocycles. The highest BCUT2D eigenvalue weighted by molar-refractivity contribution is 5.79. The molecule has 0 radical (unpaired) electrons. The van der Waals surface area contributed by atoms with Crippen molar-refractivity contribution < 1.29 is 14.3 Å². The molecule has 3 amide bonds. The minimum atomic E-state index is 0.00374. The number of nitrogens with one attached hydrogen (secondary N) is 2. The Morgan fingerprint density at radius 1 is 1.11 bits per heavy atom. The Balaban J connectivity index is 1.35. The fourth-order valence-corrected chi connectivity index (χ4v) is 4.16. The third-order valence-electron chi connectivity index (χ3n) is 5.93. The van der Waals surface area contributed by atoms with E-state index in [0.717, 1.165) is 43.4 Å². The number of carbonyl (C=O) groups is 2. The lowest BCUT2D eigenvalue weighted by Gasteiger charge is -2.33. The SMILES string of the molecule is COc1cccc(CCNC(=O)C2CCN(C(=O)NC3CCCCC3)CC2)c1. The van der Waals surface area contributed by atoms with Crippen LogP contribution in [0.1, 0.15) is 50.5 Å². The van der Waals surface area contributed by atoms with Gasteiger partial charge in [-0.1, -0.05) is 31.4 Å². The normalized spacial score (nSPS) is 18.5. The lowest BCUT2D eigenvalue weighted by atomic mass is 9.95. The van der Waals surface area contributed by atoms with Gasteiger partial charge in [0.05, 0.1) is 7.11 Å². The molecule has 1 aromatic rings. The van der Waals surface area contributed by atoms with Crippen LogP contribution in [0.4, 0.5) is 4.79 Å². The van der Waals surface area contributed by atoms with Gasteiger partial charge < -0.3 is 20.3 Å². The van der Waals surface area contributed by atoms with Crippen LogP contribution in [0, 0.1) is 5.92 Å². The molecule has 0 bridgehead atoms. The molecule has 0 atom stereocenters. The predicted molar refractivity (Wildman–Crippen MR) is 109 cm³/mol. The van der Waals surface area contributed by atoms with Crippen LogP contribution in [-0.4, -0.2) is 49.6 Å². The van der Waals surface area contributed by atoms with E-state index < -0.39 is 0 Å². The second-order valence-corrected chi connectivity index (χ2v) is 7.94. The maximum absolute atomic E-state index is 12.4. The number of urea groups is 1. The molecular weight excluding hydrogens is 354 g/mol. The molecule has 1 aliphatic carbocycles. The molecule has 0 spiro atoms. The van der Waals surface area contributed by atoms with Crippen LogP contribution >= 0.6 is 0 Å². The minimum Gasteiger partial charge on any atom is -0.497 e. The number of carbonyl (C=O) groups excluding carboxylic acids is 2. The summed E-state index contributed by atoms with van der Waals surface area (Å²) in [5.74, 6) is 0.946. The lowest BCUT2D eigenvalue weighted by molar-refractivity contribution is -0.126. The largest absolute Gasteiger partial charge is 0.497 e. The molecule has 1 heterocycles. The first-order valence-electron chi connectivity index (χ1n) is 10.6. The molecule has 6 heteroatoms. The smallest absolute Gasteiger partial charge is 0.317 e. The molecule has 154 valence electrons. The van der Waals surface area contributed by atoms with Crippen molar-refractivity contribution in [1.82, 2.24) is 15.5 Å². The third kappa shape index (κ3) is 5.88. The highest BCUT2D eigenvalue weighted by Gasteiger charge is 2.28. The maximum atomic E-state index is 12.4. The molecule has 0 unspecified atom stereocenters. The van der Waals surface area contributed by atoms with Gasteiger partial charge in [-0.05, 0) is 49.8 Å². The highest BCUT2D eigenvalue weighted by Crippen LogP contribution is 2.20. The van der Waals surface area contributed by atoms with Crippen molar-refractivity contribution in [2.75, 3.05) is 26.7 Å². The number of piperidine rings is 1. The zero-order valence-electron chi connectivity index (χ0n) is 16.9. The number of hydrogen-bond acceptors (Lipinski definition) is 3. The Morgan fingerprint density at radius 2 is 1.86 bits per heavy atom. The van der Waals surface area contributed by atoms with Gasteiger partial charge in [0, 0.05) is 31.6 Å². The lowest BCUT2D eigenvalue weighted by Crippen LogP contribution is -2.49. The number of hydrogen-bond donors (Lipinski definition) is 2. The van der Waals surface area contributed by atoms with E-state index in [-0.39, 0.29) is 17.9 Å². The summed E-state index contributed by atoms with van der Waals surface area (Å²) in [6, 6.07) is 8.29. The van der Waals surface area contributed by atoms with Gasteiger partial charge in [-0.2, -0.15) is 0 Å². The van der Waals surface area contributed by atoms with Crippen LogP contribution in [0.5, 0.6) is 5.75 Å². The summed E-state index contributed by atoms with van der Waals surface area (Å²) in [6.07, 6.45) is 8.16. The van der Waals surface area contributed by atoms with E-state index in [2.05, 4.69) is 10.6 Å². The van der Waals surface area contributed by atoms with Crippen LogP contribution in [0.15, 0.2) is 24.3 Å². The first-order chi connectivity index (χ1) is 13.7. The van der Waals surface area contributed by atoms with Gasteiger partial charge in [0.2, 0.25) is 5.91 Å². The van der Waals surface area contributed by atoms with Crippen molar-refractivity contribution in [3.63, 3.8) is 0 Å². The average molecular weight is 388 g/mol. The Labute approximate surface area is 168 Å². The molecule has 0 aromatic heterocycles. The van der Waals surface area contributed by atoms with E-state index in [4.69, 9.17) is 4.74 Å². The topological polar surface area (TPSA) is 70.7 Å². The number of ether oxygens (including phenoxy) is 1. The molecule has 3 rings (SSSR count). The average Bonchev–Trinajstić information content (AvgIpc) is 2.74. The monoisotopic (exact) mass is 387 g/mol. The number of rotatable bonds is 6. The molecule has 28 heavy (non-hydrogen) atoms. The summed E-state index contributed by atoms with van der Waals surface area (Å²) in [7, 11) is 1.66. The zero-order valence-corrected chi connectivity index (χ0v) is 16.9. The first-order valence-corrected chi connectivity index (χ1v) is 10.6. The van der Waals surface area contributed by atoms with Crippen molar-refractivity contribution in [2.24, 2.45) is 5.92 Å². The first kappa shape index (κ1) is 20.5. The van der Waals surface area contributed by atoms with Crippen LogP contribution in [0.25, 0.3) is 0 Å². The van der Waals surface area contributed by atoms with Gasteiger partial charge in [0.1, 0.15) is 5.75 Å². The van der Waals surface area contributed by atoms with Gasteiger partial charge in [0.25, 0.3) is 0 Å². The van der Waals surface area contributed by atoms with Gasteiger partial charge in [0.15, 0.2) is 0 Å². The van der Waals surface area contributed by atoms with Crippen LogP contribution in [0.2, 0.25) is 0 Å². The van der Waals surface area contributed by atoms with Gasteiger partial charge in [-0.25, -0.2) is 4.79 Å². The highest BCUT2D eigenvalue weighted by atomic mass is 16.5. The van der Waals surface area contributed by atoms with E-state index in [1.54, 1.807) is 7.11 Å². The summed E-state index contributed by atoms with van der Waals surface area (Å²) in [4.78, 5) is 26.7. The van der Waals surface area contributed by atoms with Crippen LogP contribution in [-0.2, 0) is 11.2 Å². The number of amides is 3. The maximum Gasteiger partial charge on any atom is 0.317 e. The van der Waals surface area contributed by atoms with Crippen molar-refractivity contribution in [3.8, 4) is 5.75 Å². The van der Waals surface area contributed by atoms with Gasteiger partial charge in [-0.15, -0.1) is 0 Å². The van der Waals surface area contributed by atoms with Crippen molar-refractivity contribution in [2.45, 2.75) is 57.4 Å². The number of likely N-dealkylation sites (tertiary alicyclic amines) is 1. The number of nitrogens with zero attached hydrogens (tertiary/aromatic N) is 1. The Hall–Kier alpha value is -2.24. The summed E-state index contributed by atoms with van der Waals surface area (Å²) in [6.45, 7) is 1.94. The van der Waals surface area contributed by atoms with Gasteiger partial charge in [-0.3, -0.25) is 4.79 Å². The summed E-state index contributed by atoms with van der Waals surface area (Å²) >= 11 is 0. The quantitative estimate of drug-likeness (QED) is 0.788. The van der Waals surface area contributed by atoms with Crippen molar-refractivity contribution >= 4 is 11.9 Å². The molecule has 1 saturated heterocycles. The molecule has 1 aromatic carbocycles. The molecule has 6 nitrogen and oxygen atoms in total. The minimum absolute atomic E-state index is 0.00374. The molecular formula is C22H33N3O3. The van der Waals surface area contributed by atoms with Crippen molar-refractivity contribution in [3.05, 3.63) is 29.8 Å². The fraction of sp³-hybridized carbons (Fsp3) is 0.636. The van der Waals surface area contributed by atoms with E-state index in [9.17, 15) is 9.59 Å². The second kappa shape index (κ2) is 10.3. The standard InChI is InChI=1S/C22H33N3O3/c1-28-20-9-5-6-17(16-20)10-13-23-21(26)18-11-14-25(15-12-18)22(27)24-19-7-3-2-4-8-19/h5-6,9,16,18-19H,2-4,7-8,10-15H2,1H3,(H,23,26)(H,24,27). The van der Waals surface area contributed by atoms with E-state index in [1.807, 2.05) is 29.2 Å². The van der Waals surface area contributed by atoms with E-state index in [0.29, 0.717) is 25.7 Å². The zero-order chi connectivity index (χ0) is 19.8. The molecule has 2 aliphatic rings. The van der Waals surface area contributed by atoms with Crippen LogP contribution in [0.3, 0.4) is 0 Å². The molecule has 2 N–H and O–H groups in total. The molecule has 2 fully saturated rings.